The van der Waals surface area contributed by atoms with Crippen LogP contribution in [0.1, 0.15) is 80.1 Å². The zero-order chi connectivity index (χ0) is 21.5. The Labute approximate surface area is 183 Å². The molecule has 3 saturated carbocycles. The third-order valence-electron chi connectivity index (χ3n) is 7.53. The molecule has 0 saturated heterocycles. The number of hydrogen-bond donors (Lipinski definition) is 0. The minimum atomic E-state index is -0.488. The summed E-state index contributed by atoms with van der Waals surface area (Å²) < 4.78 is 0. The van der Waals surface area contributed by atoms with Gasteiger partial charge in [-0.2, -0.15) is 0 Å². The number of amides is 1. The van der Waals surface area contributed by atoms with Crippen molar-refractivity contribution in [2.45, 2.75) is 82.8 Å². The van der Waals surface area contributed by atoms with Crippen molar-refractivity contribution in [1.29, 1.82) is 0 Å². The van der Waals surface area contributed by atoms with Gasteiger partial charge in [0.15, 0.2) is 5.78 Å². The lowest BCUT2D eigenvalue weighted by Crippen LogP contribution is -2.44. The Hall–Kier alpha value is -2.50. The van der Waals surface area contributed by atoms with Gasteiger partial charge in [-0.15, -0.1) is 0 Å². The second kappa shape index (κ2) is 8.21. The van der Waals surface area contributed by atoms with E-state index in [1.54, 1.807) is 4.90 Å². The molecule has 0 N–H and O–H groups in total. The van der Waals surface area contributed by atoms with E-state index in [4.69, 9.17) is 0 Å². The van der Waals surface area contributed by atoms with Crippen LogP contribution < -0.4 is 4.90 Å². The number of fused-ring (bicyclic) bond motifs is 1. The normalized spacial score (nSPS) is 24.6. The maximum atomic E-state index is 13.2. The van der Waals surface area contributed by atoms with Crippen LogP contribution in [0, 0.1) is 5.92 Å². The van der Waals surface area contributed by atoms with Gasteiger partial charge in [0.2, 0.25) is 0 Å². The van der Waals surface area contributed by atoms with Gasteiger partial charge in [0.25, 0.3) is 5.91 Å². The lowest BCUT2D eigenvalue weighted by Gasteiger charge is -2.37. The molecule has 1 aromatic carbocycles. The van der Waals surface area contributed by atoms with E-state index >= 15 is 0 Å². The summed E-state index contributed by atoms with van der Waals surface area (Å²) in [7, 11) is 0. The maximum absolute atomic E-state index is 13.2. The second-order valence-corrected chi connectivity index (χ2v) is 9.67. The van der Waals surface area contributed by atoms with E-state index in [-0.39, 0.29) is 23.9 Å². The second-order valence-electron chi connectivity index (χ2n) is 9.67. The Morgan fingerprint density at radius 3 is 2.35 bits per heavy atom. The van der Waals surface area contributed by atoms with Crippen molar-refractivity contribution in [3.63, 3.8) is 0 Å². The quantitative estimate of drug-likeness (QED) is 0.657. The molecule has 6 nitrogen and oxygen atoms in total. The first-order valence-electron chi connectivity index (χ1n) is 11.8. The van der Waals surface area contributed by atoms with Gasteiger partial charge in [-0.05, 0) is 43.7 Å². The number of ketones is 3. The number of benzene rings is 1. The number of hydrogen-bond acceptors (Lipinski definition) is 5. The van der Waals surface area contributed by atoms with E-state index in [0.29, 0.717) is 49.6 Å². The molecule has 1 amide bonds. The summed E-state index contributed by atoms with van der Waals surface area (Å²) in [6, 6.07) is 5.74. The molecule has 1 aliphatic heterocycles. The summed E-state index contributed by atoms with van der Waals surface area (Å²) in [6.45, 7) is 1.38. The molecule has 1 heterocycles. The lowest BCUT2D eigenvalue weighted by atomic mass is 9.91. The van der Waals surface area contributed by atoms with Gasteiger partial charge in [0.1, 0.15) is 11.6 Å². The van der Waals surface area contributed by atoms with Crippen LogP contribution in [0.25, 0.3) is 0 Å². The molecule has 4 aliphatic rings. The SMILES string of the molecule is O=C1CCC(N(CCC2CC2)c2cccc3c2CN(C2CCC(=O)CC2=O)C3=O)CC1. The number of carbonyl (C=O) groups excluding carboxylic acids is 4. The highest BCUT2D eigenvalue weighted by Gasteiger charge is 2.40. The van der Waals surface area contributed by atoms with Crippen LogP contribution in [0.4, 0.5) is 5.69 Å². The van der Waals surface area contributed by atoms with Crippen LogP contribution in [0.15, 0.2) is 18.2 Å². The molecule has 6 heteroatoms. The average molecular weight is 423 g/mol. The summed E-state index contributed by atoms with van der Waals surface area (Å²) in [5.74, 6) is 0.911. The molecule has 0 spiro atoms. The van der Waals surface area contributed by atoms with Crippen LogP contribution in [0.2, 0.25) is 0 Å². The summed E-state index contributed by atoms with van der Waals surface area (Å²) in [5, 5.41) is 0. The van der Waals surface area contributed by atoms with Crippen molar-refractivity contribution in [3.05, 3.63) is 29.3 Å². The van der Waals surface area contributed by atoms with Crippen molar-refractivity contribution >= 4 is 28.9 Å². The van der Waals surface area contributed by atoms with E-state index < -0.39 is 6.04 Å². The first-order valence-corrected chi connectivity index (χ1v) is 11.8. The molecule has 1 atom stereocenters. The molecule has 0 radical (unpaired) electrons. The number of rotatable bonds is 6. The van der Waals surface area contributed by atoms with Gasteiger partial charge in [-0.3, -0.25) is 19.2 Å². The summed E-state index contributed by atoms with van der Waals surface area (Å²) in [6.07, 6.45) is 7.51. The van der Waals surface area contributed by atoms with E-state index in [1.165, 1.54) is 12.8 Å². The Kier molecular flexibility index (Phi) is 5.40. The van der Waals surface area contributed by atoms with E-state index in [1.807, 2.05) is 12.1 Å². The van der Waals surface area contributed by atoms with Crippen molar-refractivity contribution < 1.29 is 19.2 Å². The van der Waals surface area contributed by atoms with Gasteiger partial charge in [-0.1, -0.05) is 18.9 Å². The van der Waals surface area contributed by atoms with Crippen LogP contribution in [-0.2, 0) is 20.9 Å². The molecular formula is C25H30N2O4. The van der Waals surface area contributed by atoms with Crippen molar-refractivity contribution in [3.8, 4) is 0 Å². The molecular weight excluding hydrogens is 392 g/mol. The number of anilines is 1. The van der Waals surface area contributed by atoms with Crippen molar-refractivity contribution in [1.82, 2.24) is 4.90 Å². The van der Waals surface area contributed by atoms with Crippen LogP contribution >= 0.6 is 0 Å². The van der Waals surface area contributed by atoms with Crippen molar-refractivity contribution in [2.24, 2.45) is 5.92 Å². The van der Waals surface area contributed by atoms with Gasteiger partial charge < -0.3 is 9.80 Å². The minimum absolute atomic E-state index is 0.0239. The Morgan fingerprint density at radius 1 is 0.903 bits per heavy atom. The topological polar surface area (TPSA) is 74.8 Å². The predicted molar refractivity (Wildman–Crippen MR) is 116 cm³/mol. The Bertz CT molecular complexity index is 925. The van der Waals surface area contributed by atoms with Gasteiger partial charge in [0, 0.05) is 55.2 Å². The molecule has 164 valence electrons. The van der Waals surface area contributed by atoms with Gasteiger partial charge >= 0.3 is 0 Å². The molecule has 0 aromatic heterocycles. The molecule has 5 rings (SSSR count). The highest BCUT2D eigenvalue weighted by molar-refractivity contribution is 6.08. The predicted octanol–water partition coefficient (Wildman–Crippen LogP) is 3.45. The highest BCUT2D eigenvalue weighted by Crippen LogP contribution is 2.39. The van der Waals surface area contributed by atoms with Crippen LogP contribution in [0.5, 0.6) is 0 Å². The molecule has 3 aliphatic carbocycles. The molecule has 3 fully saturated rings. The van der Waals surface area contributed by atoms with Gasteiger partial charge in [-0.25, -0.2) is 0 Å². The monoisotopic (exact) mass is 422 g/mol. The molecule has 1 unspecified atom stereocenters. The zero-order valence-electron chi connectivity index (χ0n) is 18.0. The summed E-state index contributed by atoms with van der Waals surface area (Å²) in [5.41, 5.74) is 2.78. The number of carbonyl (C=O) groups is 4. The fraction of sp³-hybridized carbons (Fsp3) is 0.600. The van der Waals surface area contributed by atoms with Gasteiger partial charge in [0.05, 0.1) is 12.5 Å². The summed E-state index contributed by atoms with van der Waals surface area (Å²) in [4.78, 5) is 53.3. The largest absolute Gasteiger partial charge is 0.368 e. The molecule has 0 bridgehead atoms. The Morgan fingerprint density at radius 2 is 1.65 bits per heavy atom. The van der Waals surface area contributed by atoms with Crippen molar-refractivity contribution in [2.75, 3.05) is 11.4 Å². The van der Waals surface area contributed by atoms with E-state index in [2.05, 4.69) is 11.0 Å². The third-order valence-corrected chi connectivity index (χ3v) is 7.53. The minimum Gasteiger partial charge on any atom is -0.368 e. The molecule has 1 aromatic rings. The average Bonchev–Trinajstić information content (AvgIpc) is 3.52. The third kappa shape index (κ3) is 4.04. The fourth-order valence-electron chi connectivity index (χ4n) is 5.51. The highest BCUT2D eigenvalue weighted by atomic mass is 16.2. The first kappa shape index (κ1) is 20.4. The number of nitrogens with zero attached hydrogens (tertiary/aromatic N) is 2. The van der Waals surface area contributed by atoms with Crippen LogP contribution in [0.3, 0.4) is 0 Å². The Balaban J connectivity index is 1.42. The zero-order valence-corrected chi connectivity index (χ0v) is 18.0. The van der Waals surface area contributed by atoms with Crippen LogP contribution in [-0.4, -0.2) is 46.8 Å². The number of Topliss-reactive ketones (excluding diaryl/α,β-unsaturated/α-hetero) is 3. The summed E-state index contributed by atoms with van der Waals surface area (Å²) >= 11 is 0. The smallest absolute Gasteiger partial charge is 0.255 e. The van der Waals surface area contributed by atoms with E-state index in [0.717, 1.165) is 43.0 Å². The molecule has 31 heavy (non-hydrogen) atoms. The standard InChI is InChI=1S/C25H30N2O4/c28-18-8-6-17(7-9-18)26(13-12-16-4-5-16)22-3-1-2-20-21(22)15-27(25(20)31)23-11-10-19(29)14-24(23)30/h1-3,16-17,23H,4-15H2. The lowest BCUT2D eigenvalue weighted by molar-refractivity contribution is -0.133. The maximum Gasteiger partial charge on any atom is 0.255 e. The first-order chi connectivity index (χ1) is 15.0. The van der Waals surface area contributed by atoms with E-state index in [9.17, 15) is 19.2 Å². The fourth-order valence-corrected chi connectivity index (χ4v) is 5.51.